The molecule has 110 valence electrons. The zero-order valence-corrected chi connectivity index (χ0v) is 12.9. The van der Waals surface area contributed by atoms with Crippen LogP contribution in [-0.4, -0.2) is 16.5 Å². The summed E-state index contributed by atoms with van der Waals surface area (Å²) >= 11 is 0. The average molecular weight is 282 g/mol. The van der Waals surface area contributed by atoms with E-state index in [1.807, 2.05) is 13.0 Å². The summed E-state index contributed by atoms with van der Waals surface area (Å²) in [6, 6.07) is 10.3. The molecule has 0 saturated carbocycles. The maximum absolute atomic E-state index is 4.44. The van der Waals surface area contributed by atoms with Gasteiger partial charge in [-0.3, -0.25) is 0 Å². The smallest absolute Gasteiger partial charge is 0.229 e. The Bertz CT molecular complexity index is 603. The lowest BCUT2D eigenvalue weighted by Crippen LogP contribution is -2.05. The molecular weight excluding hydrogens is 260 g/mol. The summed E-state index contributed by atoms with van der Waals surface area (Å²) in [5.74, 6) is 1.92. The minimum Gasteiger partial charge on any atom is -0.366 e. The van der Waals surface area contributed by atoms with Gasteiger partial charge in [0.05, 0.1) is 0 Å². The normalized spacial score (nSPS) is 10.5. The number of hydrogen-bond donors (Lipinski definition) is 2. The SMILES string of the molecule is C=CCNc1cc(C)nc(Nc2ccc(C(C)C)cc2)n1. The number of nitrogens with one attached hydrogen (secondary N) is 2. The first-order chi connectivity index (χ1) is 10.1. The van der Waals surface area contributed by atoms with Crippen molar-refractivity contribution in [2.45, 2.75) is 26.7 Å². The monoisotopic (exact) mass is 282 g/mol. The van der Waals surface area contributed by atoms with Crippen LogP contribution in [0.25, 0.3) is 0 Å². The van der Waals surface area contributed by atoms with Gasteiger partial charge in [-0.2, -0.15) is 4.98 Å². The van der Waals surface area contributed by atoms with Gasteiger partial charge in [-0.15, -0.1) is 6.58 Å². The second kappa shape index (κ2) is 6.88. The molecule has 0 amide bonds. The van der Waals surface area contributed by atoms with Gasteiger partial charge >= 0.3 is 0 Å². The fraction of sp³-hybridized carbons (Fsp3) is 0.294. The summed E-state index contributed by atoms with van der Waals surface area (Å²) in [4.78, 5) is 8.85. The molecule has 0 fully saturated rings. The molecular formula is C17H22N4. The lowest BCUT2D eigenvalue weighted by molar-refractivity contribution is 0.867. The number of nitrogens with zero attached hydrogens (tertiary/aromatic N) is 2. The van der Waals surface area contributed by atoms with Crippen LogP contribution < -0.4 is 10.6 Å². The highest BCUT2D eigenvalue weighted by molar-refractivity contribution is 5.56. The van der Waals surface area contributed by atoms with E-state index < -0.39 is 0 Å². The van der Waals surface area contributed by atoms with Crippen LogP contribution in [0.1, 0.15) is 31.0 Å². The van der Waals surface area contributed by atoms with E-state index in [9.17, 15) is 0 Å². The van der Waals surface area contributed by atoms with Crippen LogP contribution in [0, 0.1) is 6.92 Å². The van der Waals surface area contributed by atoms with Crippen LogP contribution >= 0.6 is 0 Å². The predicted octanol–water partition coefficient (Wildman–Crippen LogP) is 4.25. The molecule has 0 spiro atoms. The van der Waals surface area contributed by atoms with Gasteiger partial charge in [-0.25, -0.2) is 4.98 Å². The summed E-state index contributed by atoms with van der Waals surface area (Å²) in [6.45, 7) is 10.7. The highest BCUT2D eigenvalue weighted by Gasteiger charge is 2.03. The molecule has 4 nitrogen and oxygen atoms in total. The number of anilines is 3. The average Bonchev–Trinajstić information content (AvgIpc) is 2.45. The van der Waals surface area contributed by atoms with E-state index >= 15 is 0 Å². The summed E-state index contributed by atoms with van der Waals surface area (Å²) in [6.07, 6.45) is 1.80. The number of aryl methyl sites for hydroxylation is 1. The Morgan fingerprint density at radius 3 is 2.52 bits per heavy atom. The van der Waals surface area contributed by atoms with E-state index in [0.717, 1.165) is 17.2 Å². The predicted molar refractivity (Wildman–Crippen MR) is 89.3 cm³/mol. The Labute approximate surface area is 126 Å². The number of benzene rings is 1. The molecule has 0 bridgehead atoms. The van der Waals surface area contributed by atoms with Gasteiger partial charge in [0.2, 0.25) is 5.95 Å². The molecule has 0 unspecified atom stereocenters. The van der Waals surface area contributed by atoms with Crippen molar-refractivity contribution in [3.8, 4) is 0 Å². The van der Waals surface area contributed by atoms with Crippen LogP contribution in [0.5, 0.6) is 0 Å². The van der Waals surface area contributed by atoms with Crippen molar-refractivity contribution in [3.05, 3.63) is 54.2 Å². The van der Waals surface area contributed by atoms with E-state index in [0.29, 0.717) is 18.4 Å². The van der Waals surface area contributed by atoms with Crippen molar-refractivity contribution in [1.82, 2.24) is 9.97 Å². The fourth-order valence-electron chi connectivity index (χ4n) is 1.97. The number of hydrogen-bond acceptors (Lipinski definition) is 4. The van der Waals surface area contributed by atoms with Crippen LogP contribution in [0.2, 0.25) is 0 Å². The Morgan fingerprint density at radius 2 is 1.90 bits per heavy atom. The molecule has 21 heavy (non-hydrogen) atoms. The van der Waals surface area contributed by atoms with E-state index in [1.165, 1.54) is 5.56 Å². The Hall–Kier alpha value is -2.36. The Balaban J connectivity index is 2.14. The van der Waals surface area contributed by atoms with Crippen LogP contribution in [0.15, 0.2) is 43.0 Å². The molecule has 1 aromatic carbocycles. The lowest BCUT2D eigenvalue weighted by Gasteiger charge is -2.10. The Kier molecular flexibility index (Phi) is 4.93. The van der Waals surface area contributed by atoms with E-state index in [2.05, 4.69) is 65.3 Å². The van der Waals surface area contributed by atoms with Gasteiger partial charge < -0.3 is 10.6 Å². The molecule has 2 N–H and O–H groups in total. The zero-order valence-electron chi connectivity index (χ0n) is 12.9. The molecule has 2 rings (SSSR count). The van der Waals surface area contributed by atoms with Crippen molar-refractivity contribution in [2.75, 3.05) is 17.2 Å². The molecule has 1 aromatic heterocycles. The number of rotatable bonds is 6. The van der Waals surface area contributed by atoms with Crippen molar-refractivity contribution in [2.24, 2.45) is 0 Å². The van der Waals surface area contributed by atoms with Crippen molar-refractivity contribution in [1.29, 1.82) is 0 Å². The molecule has 1 heterocycles. The number of aromatic nitrogens is 2. The molecule has 0 atom stereocenters. The van der Waals surface area contributed by atoms with Gasteiger partial charge in [0.25, 0.3) is 0 Å². The van der Waals surface area contributed by atoms with Gasteiger partial charge in [0.1, 0.15) is 5.82 Å². The van der Waals surface area contributed by atoms with E-state index in [1.54, 1.807) is 6.08 Å². The van der Waals surface area contributed by atoms with Crippen molar-refractivity contribution in [3.63, 3.8) is 0 Å². The molecule has 0 aliphatic heterocycles. The first-order valence-corrected chi connectivity index (χ1v) is 7.16. The standard InChI is InChI=1S/C17H22N4/c1-5-10-18-16-11-13(4)19-17(21-16)20-15-8-6-14(7-9-15)12(2)3/h5-9,11-12H,1,10H2,2-4H3,(H2,18,19,20,21). The summed E-state index contributed by atoms with van der Waals surface area (Å²) in [5.41, 5.74) is 3.22. The third-order valence-electron chi connectivity index (χ3n) is 3.12. The molecule has 0 saturated heterocycles. The largest absolute Gasteiger partial charge is 0.366 e. The molecule has 4 heteroatoms. The van der Waals surface area contributed by atoms with Crippen LogP contribution in [0.3, 0.4) is 0 Å². The van der Waals surface area contributed by atoms with Gasteiger partial charge in [-0.05, 0) is 30.5 Å². The zero-order chi connectivity index (χ0) is 15.2. The molecule has 0 aliphatic rings. The first kappa shape index (κ1) is 15.0. The van der Waals surface area contributed by atoms with Crippen molar-refractivity contribution >= 4 is 17.5 Å². The molecule has 0 aliphatic carbocycles. The fourth-order valence-corrected chi connectivity index (χ4v) is 1.97. The quantitative estimate of drug-likeness (QED) is 0.778. The van der Waals surface area contributed by atoms with Gasteiger partial charge in [-0.1, -0.05) is 32.1 Å². The second-order valence-corrected chi connectivity index (χ2v) is 5.29. The van der Waals surface area contributed by atoms with Gasteiger partial charge in [0.15, 0.2) is 0 Å². The molecule has 0 radical (unpaired) electrons. The summed E-state index contributed by atoms with van der Waals surface area (Å²) in [7, 11) is 0. The summed E-state index contributed by atoms with van der Waals surface area (Å²) < 4.78 is 0. The molecule has 2 aromatic rings. The Morgan fingerprint density at radius 1 is 1.19 bits per heavy atom. The third kappa shape index (κ3) is 4.31. The lowest BCUT2D eigenvalue weighted by atomic mass is 10.0. The van der Waals surface area contributed by atoms with E-state index in [-0.39, 0.29) is 0 Å². The minimum atomic E-state index is 0.531. The first-order valence-electron chi connectivity index (χ1n) is 7.16. The van der Waals surface area contributed by atoms with Crippen LogP contribution in [0.4, 0.5) is 17.5 Å². The topological polar surface area (TPSA) is 49.8 Å². The van der Waals surface area contributed by atoms with Gasteiger partial charge in [0, 0.05) is 24.0 Å². The highest BCUT2D eigenvalue weighted by atomic mass is 15.1. The van der Waals surface area contributed by atoms with E-state index in [4.69, 9.17) is 0 Å². The maximum atomic E-state index is 4.44. The summed E-state index contributed by atoms with van der Waals surface area (Å²) in [5, 5.41) is 6.42. The highest BCUT2D eigenvalue weighted by Crippen LogP contribution is 2.20. The maximum Gasteiger partial charge on any atom is 0.229 e. The van der Waals surface area contributed by atoms with Crippen molar-refractivity contribution < 1.29 is 0 Å². The minimum absolute atomic E-state index is 0.531. The van der Waals surface area contributed by atoms with Crippen LogP contribution in [-0.2, 0) is 0 Å². The second-order valence-electron chi connectivity index (χ2n) is 5.29. The third-order valence-corrected chi connectivity index (χ3v) is 3.12.